The minimum atomic E-state index is -0.216. The summed E-state index contributed by atoms with van der Waals surface area (Å²) in [6, 6.07) is 6.61. The summed E-state index contributed by atoms with van der Waals surface area (Å²) in [6.07, 6.45) is 2.58. The van der Waals surface area contributed by atoms with Crippen LogP contribution in [0.25, 0.3) is 0 Å². The van der Waals surface area contributed by atoms with E-state index in [1.54, 1.807) is 0 Å². The van der Waals surface area contributed by atoms with Crippen molar-refractivity contribution in [2.24, 2.45) is 4.99 Å². The summed E-state index contributed by atoms with van der Waals surface area (Å²) in [4.78, 5) is 21.6. The van der Waals surface area contributed by atoms with Gasteiger partial charge in [0.2, 0.25) is 0 Å². The highest BCUT2D eigenvalue weighted by molar-refractivity contribution is 14.0. The van der Waals surface area contributed by atoms with Crippen molar-refractivity contribution in [1.82, 2.24) is 15.1 Å². The molecule has 6 nitrogen and oxygen atoms in total. The van der Waals surface area contributed by atoms with Crippen molar-refractivity contribution < 1.29 is 9.53 Å². The first-order valence-corrected chi connectivity index (χ1v) is 10.6. The summed E-state index contributed by atoms with van der Waals surface area (Å²) in [5.41, 5.74) is 3.99. The minimum Gasteiger partial charge on any atom is -0.368 e. The molecule has 1 aromatic rings. The summed E-state index contributed by atoms with van der Waals surface area (Å²) in [6.45, 7) is 11.8. The fourth-order valence-corrected chi connectivity index (χ4v) is 3.95. The fraction of sp³-hybridized carbons (Fsp3) is 0.636. The Bertz CT molecular complexity index is 696. The molecule has 2 saturated heterocycles. The standard InChI is InChI=1S/C22H34N4O2.HI/c1-4-23-22(24-10-9-19-8-7-17(2)16-18(19)3)26-13-11-25(12-14-26)21(27)20-6-5-15-28-20;/h7-8,16,20H,4-6,9-15H2,1-3H3,(H,23,24);1H. The maximum atomic E-state index is 12.5. The molecule has 7 heteroatoms. The quantitative estimate of drug-likeness (QED) is 0.373. The van der Waals surface area contributed by atoms with E-state index >= 15 is 0 Å². The van der Waals surface area contributed by atoms with E-state index in [-0.39, 0.29) is 36.0 Å². The van der Waals surface area contributed by atoms with Gasteiger partial charge in [-0.1, -0.05) is 23.8 Å². The number of nitrogens with zero attached hydrogens (tertiary/aromatic N) is 3. The van der Waals surface area contributed by atoms with Crippen molar-refractivity contribution in [3.63, 3.8) is 0 Å². The predicted molar refractivity (Wildman–Crippen MR) is 128 cm³/mol. The van der Waals surface area contributed by atoms with Gasteiger partial charge in [0.15, 0.2) is 5.96 Å². The highest BCUT2D eigenvalue weighted by Gasteiger charge is 2.30. The van der Waals surface area contributed by atoms with E-state index in [9.17, 15) is 4.79 Å². The Morgan fingerprint density at radius 2 is 1.93 bits per heavy atom. The number of halogens is 1. The van der Waals surface area contributed by atoms with Crippen LogP contribution in [0.5, 0.6) is 0 Å². The molecule has 2 fully saturated rings. The number of nitrogens with one attached hydrogen (secondary N) is 1. The van der Waals surface area contributed by atoms with E-state index in [1.807, 2.05) is 4.90 Å². The zero-order valence-electron chi connectivity index (χ0n) is 17.9. The zero-order valence-corrected chi connectivity index (χ0v) is 20.3. The van der Waals surface area contributed by atoms with Gasteiger partial charge in [-0.05, 0) is 51.2 Å². The first kappa shape index (κ1) is 23.9. The molecule has 1 aromatic carbocycles. The number of carbonyl (C=O) groups excluding carboxylic acids is 1. The fourth-order valence-electron chi connectivity index (χ4n) is 3.95. The summed E-state index contributed by atoms with van der Waals surface area (Å²) in [5.74, 6) is 1.12. The number of aliphatic imine (C=N–C) groups is 1. The van der Waals surface area contributed by atoms with Crippen molar-refractivity contribution in [1.29, 1.82) is 0 Å². The van der Waals surface area contributed by atoms with E-state index in [0.717, 1.165) is 64.5 Å². The Labute approximate surface area is 192 Å². The number of carbonyl (C=O) groups is 1. The largest absolute Gasteiger partial charge is 0.368 e. The molecule has 162 valence electrons. The third kappa shape index (κ3) is 6.57. The van der Waals surface area contributed by atoms with E-state index in [4.69, 9.17) is 9.73 Å². The highest BCUT2D eigenvalue weighted by Crippen LogP contribution is 2.16. The molecule has 1 N–H and O–H groups in total. The van der Waals surface area contributed by atoms with E-state index in [2.05, 4.69) is 49.2 Å². The smallest absolute Gasteiger partial charge is 0.251 e. The average molecular weight is 514 g/mol. The topological polar surface area (TPSA) is 57.2 Å². The number of guanidine groups is 1. The third-order valence-electron chi connectivity index (χ3n) is 5.57. The Kier molecular flexibility index (Phi) is 9.68. The third-order valence-corrected chi connectivity index (χ3v) is 5.57. The molecular formula is C22H35IN4O2. The molecule has 0 saturated carbocycles. The molecule has 2 aliphatic rings. The maximum absolute atomic E-state index is 12.5. The van der Waals surface area contributed by atoms with Crippen LogP contribution in [0, 0.1) is 13.8 Å². The van der Waals surface area contributed by atoms with Gasteiger partial charge in [0.05, 0.1) is 0 Å². The van der Waals surface area contributed by atoms with Crippen LogP contribution >= 0.6 is 24.0 Å². The van der Waals surface area contributed by atoms with Gasteiger partial charge in [-0.3, -0.25) is 9.79 Å². The van der Waals surface area contributed by atoms with Crippen LogP contribution in [0.15, 0.2) is 23.2 Å². The van der Waals surface area contributed by atoms with Gasteiger partial charge < -0.3 is 19.9 Å². The SMILES string of the molecule is CCNC(=NCCc1ccc(C)cc1C)N1CCN(C(=O)C2CCCO2)CC1.I. The number of rotatable bonds is 5. The normalized spacial score (nSPS) is 19.8. The Balaban J connectivity index is 0.00000300. The number of hydrogen-bond acceptors (Lipinski definition) is 3. The van der Waals surface area contributed by atoms with Crippen LogP contribution in [-0.4, -0.2) is 73.6 Å². The van der Waals surface area contributed by atoms with E-state index < -0.39 is 0 Å². The average Bonchev–Trinajstić information content (AvgIpc) is 3.23. The van der Waals surface area contributed by atoms with Gasteiger partial charge in [0.25, 0.3) is 5.91 Å². The van der Waals surface area contributed by atoms with Crippen molar-refractivity contribution in [3.05, 3.63) is 34.9 Å². The first-order chi connectivity index (χ1) is 13.6. The molecule has 1 unspecified atom stereocenters. The van der Waals surface area contributed by atoms with Gasteiger partial charge in [-0.25, -0.2) is 0 Å². The molecule has 2 aliphatic heterocycles. The van der Waals surface area contributed by atoms with Crippen LogP contribution in [0.4, 0.5) is 0 Å². The number of hydrogen-bond donors (Lipinski definition) is 1. The molecule has 0 bridgehead atoms. The lowest BCUT2D eigenvalue weighted by atomic mass is 10.0. The lowest BCUT2D eigenvalue weighted by Crippen LogP contribution is -2.55. The van der Waals surface area contributed by atoms with Crippen LogP contribution < -0.4 is 5.32 Å². The first-order valence-electron chi connectivity index (χ1n) is 10.6. The van der Waals surface area contributed by atoms with Gasteiger partial charge in [-0.15, -0.1) is 24.0 Å². The van der Waals surface area contributed by atoms with Crippen molar-refractivity contribution in [2.45, 2.75) is 46.1 Å². The van der Waals surface area contributed by atoms with Gasteiger partial charge in [0, 0.05) is 45.9 Å². The molecule has 3 rings (SSSR count). The summed E-state index contributed by atoms with van der Waals surface area (Å²) >= 11 is 0. The molecule has 1 atom stereocenters. The van der Waals surface area contributed by atoms with Crippen LogP contribution in [0.2, 0.25) is 0 Å². The van der Waals surface area contributed by atoms with E-state index in [0.29, 0.717) is 6.61 Å². The lowest BCUT2D eigenvalue weighted by Gasteiger charge is -2.37. The molecule has 0 radical (unpaired) electrons. The van der Waals surface area contributed by atoms with Gasteiger partial charge in [-0.2, -0.15) is 0 Å². The summed E-state index contributed by atoms with van der Waals surface area (Å²) in [7, 11) is 0. The second kappa shape index (κ2) is 11.7. The monoisotopic (exact) mass is 514 g/mol. The van der Waals surface area contributed by atoms with Crippen molar-refractivity contribution in [2.75, 3.05) is 45.9 Å². The Morgan fingerprint density at radius 3 is 2.55 bits per heavy atom. The lowest BCUT2D eigenvalue weighted by molar-refractivity contribution is -0.142. The molecule has 1 amide bonds. The summed E-state index contributed by atoms with van der Waals surface area (Å²) in [5, 5.41) is 3.41. The molecule has 0 aromatic heterocycles. The molecular weight excluding hydrogens is 479 g/mol. The van der Waals surface area contributed by atoms with Crippen LogP contribution in [-0.2, 0) is 16.0 Å². The molecule has 29 heavy (non-hydrogen) atoms. The number of aryl methyl sites for hydroxylation is 2. The zero-order chi connectivity index (χ0) is 19.9. The number of benzene rings is 1. The van der Waals surface area contributed by atoms with E-state index in [1.165, 1.54) is 16.7 Å². The number of amides is 1. The Hall–Kier alpha value is -1.35. The second-order valence-corrected chi connectivity index (χ2v) is 7.73. The number of ether oxygens (including phenoxy) is 1. The molecule has 2 heterocycles. The predicted octanol–water partition coefficient (Wildman–Crippen LogP) is 2.75. The Morgan fingerprint density at radius 1 is 1.21 bits per heavy atom. The van der Waals surface area contributed by atoms with Crippen molar-refractivity contribution in [3.8, 4) is 0 Å². The van der Waals surface area contributed by atoms with Crippen LogP contribution in [0.3, 0.4) is 0 Å². The molecule has 0 aliphatic carbocycles. The van der Waals surface area contributed by atoms with Gasteiger partial charge >= 0.3 is 0 Å². The summed E-state index contributed by atoms with van der Waals surface area (Å²) < 4.78 is 5.55. The minimum absolute atomic E-state index is 0. The van der Waals surface area contributed by atoms with Crippen molar-refractivity contribution >= 4 is 35.8 Å². The van der Waals surface area contributed by atoms with Gasteiger partial charge in [0.1, 0.15) is 6.10 Å². The van der Waals surface area contributed by atoms with Crippen LogP contribution in [0.1, 0.15) is 36.5 Å². The highest BCUT2D eigenvalue weighted by atomic mass is 127. The number of piperazine rings is 1. The maximum Gasteiger partial charge on any atom is 0.251 e. The second-order valence-electron chi connectivity index (χ2n) is 7.73. The molecule has 0 spiro atoms.